The fraction of sp³-hybridized carbons (Fsp3) is 0.0833. The number of rotatable bonds is 3. The molecule has 0 aliphatic rings. The molecule has 0 aliphatic heterocycles. The number of hydrogen-bond acceptors (Lipinski definition) is 3. The Kier molecular flexibility index (Phi) is 3.27. The van der Waals surface area contributed by atoms with Crippen molar-refractivity contribution in [3.8, 4) is 17.4 Å². The molecule has 2 rings (SSSR count). The van der Waals surface area contributed by atoms with Gasteiger partial charge in [-0.15, -0.1) is 0 Å². The maximum absolute atomic E-state index is 5.75. The molecule has 4 heteroatoms. The largest absolute Gasteiger partial charge is 0.497 e. The van der Waals surface area contributed by atoms with E-state index in [4.69, 9.17) is 21.1 Å². The molecule has 0 bridgehead atoms. The van der Waals surface area contributed by atoms with Gasteiger partial charge in [0.25, 0.3) is 0 Å². The van der Waals surface area contributed by atoms with E-state index in [0.717, 1.165) is 5.75 Å². The van der Waals surface area contributed by atoms with Gasteiger partial charge in [-0.2, -0.15) is 0 Å². The van der Waals surface area contributed by atoms with E-state index >= 15 is 0 Å². The van der Waals surface area contributed by atoms with Crippen LogP contribution >= 0.6 is 11.6 Å². The molecular formula is C12H10ClNO2. The third-order valence-corrected chi connectivity index (χ3v) is 2.18. The smallest absolute Gasteiger partial charge is 0.220 e. The molecule has 0 aliphatic carbocycles. The van der Waals surface area contributed by atoms with Gasteiger partial charge in [0.05, 0.1) is 7.11 Å². The Morgan fingerprint density at radius 1 is 1.00 bits per heavy atom. The van der Waals surface area contributed by atoms with Crippen molar-refractivity contribution in [3.63, 3.8) is 0 Å². The lowest BCUT2D eigenvalue weighted by Crippen LogP contribution is -1.88. The average molecular weight is 236 g/mol. The SMILES string of the molecule is COc1ccc(Oc2cccc(Cl)n2)cc1. The van der Waals surface area contributed by atoms with Crippen LogP contribution in [0.3, 0.4) is 0 Å². The highest BCUT2D eigenvalue weighted by Gasteiger charge is 1.99. The topological polar surface area (TPSA) is 31.4 Å². The van der Waals surface area contributed by atoms with Crippen molar-refractivity contribution >= 4 is 11.6 Å². The van der Waals surface area contributed by atoms with Crippen LogP contribution in [0.25, 0.3) is 0 Å². The molecule has 0 radical (unpaired) electrons. The van der Waals surface area contributed by atoms with E-state index < -0.39 is 0 Å². The van der Waals surface area contributed by atoms with Gasteiger partial charge < -0.3 is 9.47 Å². The minimum absolute atomic E-state index is 0.408. The third kappa shape index (κ3) is 2.64. The molecule has 3 nitrogen and oxygen atoms in total. The lowest BCUT2D eigenvalue weighted by atomic mass is 10.3. The van der Waals surface area contributed by atoms with Crippen LogP contribution in [0, 0.1) is 0 Å². The molecule has 0 saturated carbocycles. The highest BCUT2D eigenvalue weighted by Crippen LogP contribution is 2.23. The second-order valence-corrected chi connectivity index (χ2v) is 3.46. The van der Waals surface area contributed by atoms with E-state index in [0.29, 0.717) is 16.8 Å². The first kappa shape index (κ1) is 10.8. The van der Waals surface area contributed by atoms with E-state index in [2.05, 4.69) is 4.98 Å². The van der Waals surface area contributed by atoms with Crippen LogP contribution < -0.4 is 9.47 Å². The van der Waals surface area contributed by atoms with Gasteiger partial charge >= 0.3 is 0 Å². The number of ether oxygens (including phenoxy) is 2. The van der Waals surface area contributed by atoms with E-state index in [-0.39, 0.29) is 0 Å². The molecule has 16 heavy (non-hydrogen) atoms. The van der Waals surface area contributed by atoms with E-state index in [1.807, 2.05) is 12.1 Å². The second-order valence-electron chi connectivity index (χ2n) is 3.08. The Hall–Kier alpha value is -1.74. The zero-order chi connectivity index (χ0) is 11.4. The van der Waals surface area contributed by atoms with Crippen LogP contribution in [0.15, 0.2) is 42.5 Å². The zero-order valence-electron chi connectivity index (χ0n) is 8.68. The number of aromatic nitrogens is 1. The predicted molar refractivity (Wildman–Crippen MR) is 62.3 cm³/mol. The summed E-state index contributed by atoms with van der Waals surface area (Å²) in [5.41, 5.74) is 0. The monoisotopic (exact) mass is 235 g/mol. The molecule has 0 fully saturated rings. The van der Waals surface area contributed by atoms with Crippen LogP contribution in [0.1, 0.15) is 0 Å². The zero-order valence-corrected chi connectivity index (χ0v) is 9.44. The summed E-state index contributed by atoms with van der Waals surface area (Å²) in [6.45, 7) is 0. The van der Waals surface area contributed by atoms with Crippen molar-refractivity contribution in [1.82, 2.24) is 4.98 Å². The van der Waals surface area contributed by atoms with Gasteiger partial charge in [0.15, 0.2) is 0 Å². The van der Waals surface area contributed by atoms with Crippen LogP contribution in [0.5, 0.6) is 17.4 Å². The normalized spacial score (nSPS) is 9.88. The van der Waals surface area contributed by atoms with Crippen LogP contribution in [0.4, 0.5) is 0 Å². The van der Waals surface area contributed by atoms with Crippen molar-refractivity contribution in [2.45, 2.75) is 0 Å². The van der Waals surface area contributed by atoms with Gasteiger partial charge in [-0.3, -0.25) is 0 Å². The van der Waals surface area contributed by atoms with Gasteiger partial charge in [0.1, 0.15) is 16.7 Å². The number of pyridine rings is 1. The van der Waals surface area contributed by atoms with Crippen molar-refractivity contribution in [1.29, 1.82) is 0 Å². The van der Waals surface area contributed by atoms with Crippen molar-refractivity contribution in [3.05, 3.63) is 47.6 Å². The highest BCUT2D eigenvalue weighted by atomic mass is 35.5. The highest BCUT2D eigenvalue weighted by molar-refractivity contribution is 6.29. The van der Waals surface area contributed by atoms with Gasteiger partial charge in [-0.25, -0.2) is 4.98 Å². The van der Waals surface area contributed by atoms with Crippen LogP contribution in [-0.4, -0.2) is 12.1 Å². The lowest BCUT2D eigenvalue weighted by molar-refractivity contribution is 0.412. The van der Waals surface area contributed by atoms with Crippen molar-refractivity contribution < 1.29 is 9.47 Å². The van der Waals surface area contributed by atoms with Crippen LogP contribution in [-0.2, 0) is 0 Å². The molecule has 0 saturated heterocycles. The molecule has 1 aromatic heterocycles. The fourth-order valence-electron chi connectivity index (χ4n) is 1.21. The summed E-state index contributed by atoms with van der Waals surface area (Å²) in [6, 6.07) is 12.5. The Labute approximate surface area is 98.6 Å². The van der Waals surface area contributed by atoms with E-state index in [1.54, 1.807) is 37.4 Å². The first-order valence-corrected chi connectivity index (χ1v) is 5.10. The predicted octanol–water partition coefficient (Wildman–Crippen LogP) is 3.54. The third-order valence-electron chi connectivity index (χ3n) is 1.97. The van der Waals surface area contributed by atoms with Gasteiger partial charge in [-0.1, -0.05) is 17.7 Å². The van der Waals surface area contributed by atoms with Crippen LogP contribution in [0.2, 0.25) is 5.15 Å². The fourth-order valence-corrected chi connectivity index (χ4v) is 1.37. The molecular weight excluding hydrogens is 226 g/mol. The summed E-state index contributed by atoms with van der Waals surface area (Å²) in [4.78, 5) is 4.02. The summed E-state index contributed by atoms with van der Waals surface area (Å²) in [6.07, 6.45) is 0. The average Bonchev–Trinajstić information content (AvgIpc) is 2.30. The molecule has 0 N–H and O–H groups in total. The summed E-state index contributed by atoms with van der Waals surface area (Å²) in [7, 11) is 1.62. The summed E-state index contributed by atoms with van der Waals surface area (Å²) in [5, 5.41) is 0.408. The Morgan fingerprint density at radius 3 is 2.31 bits per heavy atom. The molecule has 82 valence electrons. The first-order chi connectivity index (χ1) is 7.78. The lowest BCUT2D eigenvalue weighted by Gasteiger charge is -2.05. The van der Waals surface area contributed by atoms with Gasteiger partial charge in [0.2, 0.25) is 5.88 Å². The standard InChI is InChI=1S/C12H10ClNO2/c1-15-9-5-7-10(8-6-9)16-12-4-2-3-11(13)14-12/h2-8H,1H3. The number of hydrogen-bond donors (Lipinski definition) is 0. The quantitative estimate of drug-likeness (QED) is 0.763. The van der Waals surface area contributed by atoms with Gasteiger partial charge in [-0.05, 0) is 30.3 Å². The minimum atomic E-state index is 0.408. The van der Waals surface area contributed by atoms with Crippen molar-refractivity contribution in [2.75, 3.05) is 7.11 Å². The van der Waals surface area contributed by atoms with E-state index in [9.17, 15) is 0 Å². The molecule has 2 aromatic rings. The maximum atomic E-state index is 5.75. The first-order valence-electron chi connectivity index (χ1n) is 4.72. The molecule has 0 unspecified atom stereocenters. The van der Waals surface area contributed by atoms with Crippen molar-refractivity contribution in [2.24, 2.45) is 0 Å². The maximum Gasteiger partial charge on any atom is 0.220 e. The molecule has 0 spiro atoms. The molecule has 1 aromatic carbocycles. The molecule has 1 heterocycles. The minimum Gasteiger partial charge on any atom is -0.497 e. The number of benzene rings is 1. The summed E-state index contributed by atoms with van der Waals surface area (Å²) < 4.78 is 10.6. The summed E-state index contributed by atoms with van der Waals surface area (Å²) in [5.74, 6) is 1.94. The molecule has 0 atom stereocenters. The Bertz CT molecular complexity index is 471. The summed E-state index contributed by atoms with van der Waals surface area (Å²) >= 11 is 5.75. The van der Waals surface area contributed by atoms with Gasteiger partial charge in [0, 0.05) is 6.07 Å². The Morgan fingerprint density at radius 2 is 1.69 bits per heavy atom. The number of methoxy groups -OCH3 is 1. The number of halogens is 1. The Balaban J connectivity index is 2.14. The second kappa shape index (κ2) is 4.86. The molecule has 0 amide bonds. The van der Waals surface area contributed by atoms with E-state index in [1.165, 1.54) is 0 Å². The number of nitrogens with zero attached hydrogens (tertiary/aromatic N) is 1.